The van der Waals surface area contributed by atoms with Crippen molar-refractivity contribution in [2.75, 3.05) is 0 Å². The average molecular weight is 257 g/mol. The number of rotatable bonds is 3. The highest BCUT2D eigenvalue weighted by atomic mass is 32.1. The minimum atomic E-state index is -0.0378. The minimum Gasteiger partial charge on any atom is -0.340 e. The van der Waals surface area contributed by atoms with Gasteiger partial charge in [-0.2, -0.15) is 0 Å². The Morgan fingerprint density at radius 1 is 1.39 bits per heavy atom. The van der Waals surface area contributed by atoms with Crippen LogP contribution in [0.5, 0.6) is 0 Å². The molecule has 0 aliphatic rings. The molecular weight excluding hydrogens is 242 g/mol. The van der Waals surface area contributed by atoms with Crippen molar-refractivity contribution in [1.29, 1.82) is 0 Å². The minimum absolute atomic E-state index is 0.0378. The Balaban J connectivity index is 1.88. The van der Waals surface area contributed by atoms with Crippen LogP contribution >= 0.6 is 11.3 Å². The smallest absolute Gasteiger partial charge is 0.0947 e. The van der Waals surface area contributed by atoms with Gasteiger partial charge in [-0.1, -0.05) is 18.2 Å². The van der Waals surface area contributed by atoms with Gasteiger partial charge in [-0.3, -0.25) is 0 Å². The summed E-state index contributed by atoms with van der Waals surface area (Å²) in [5.41, 5.74) is 8.48. The molecule has 18 heavy (non-hydrogen) atoms. The summed E-state index contributed by atoms with van der Waals surface area (Å²) in [5.74, 6) is 0. The zero-order valence-corrected chi connectivity index (χ0v) is 11.0. The Morgan fingerprint density at radius 3 is 3.00 bits per heavy atom. The van der Waals surface area contributed by atoms with E-state index in [1.165, 1.54) is 15.6 Å². The Kier molecular flexibility index (Phi) is 2.89. The summed E-state index contributed by atoms with van der Waals surface area (Å²) >= 11 is 1.78. The first-order valence-corrected chi connectivity index (χ1v) is 6.80. The van der Waals surface area contributed by atoms with Crippen LogP contribution in [-0.2, 0) is 13.5 Å². The molecular formula is C14H15N3S. The topological polar surface area (TPSA) is 43.8 Å². The summed E-state index contributed by atoms with van der Waals surface area (Å²) in [7, 11) is 1.96. The molecule has 4 heteroatoms. The maximum Gasteiger partial charge on any atom is 0.0947 e. The van der Waals surface area contributed by atoms with Crippen molar-refractivity contribution in [2.45, 2.75) is 12.5 Å². The Morgan fingerprint density at radius 2 is 2.22 bits per heavy atom. The van der Waals surface area contributed by atoms with E-state index in [1.54, 1.807) is 17.7 Å². The molecule has 2 aromatic heterocycles. The van der Waals surface area contributed by atoms with Gasteiger partial charge in [-0.25, -0.2) is 4.98 Å². The van der Waals surface area contributed by atoms with Crippen molar-refractivity contribution in [3.63, 3.8) is 0 Å². The second kappa shape index (κ2) is 4.55. The van der Waals surface area contributed by atoms with Crippen LogP contribution in [0.25, 0.3) is 10.1 Å². The molecule has 2 heterocycles. The Labute approximate surface area is 110 Å². The van der Waals surface area contributed by atoms with Gasteiger partial charge in [0.05, 0.1) is 18.1 Å². The van der Waals surface area contributed by atoms with E-state index in [1.807, 2.05) is 17.8 Å². The molecule has 0 fully saturated rings. The molecule has 0 amide bonds. The molecule has 0 spiro atoms. The van der Waals surface area contributed by atoms with E-state index in [4.69, 9.17) is 5.73 Å². The zero-order valence-electron chi connectivity index (χ0n) is 10.2. The molecule has 0 radical (unpaired) electrons. The number of nitrogens with two attached hydrogens (primary N) is 1. The number of benzene rings is 1. The third-order valence-electron chi connectivity index (χ3n) is 3.11. The van der Waals surface area contributed by atoms with Gasteiger partial charge in [-0.05, 0) is 28.8 Å². The van der Waals surface area contributed by atoms with Crippen LogP contribution < -0.4 is 5.73 Å². The molecule has 1 aromatic carbocycles. The van der Waals surface area contributed by atoms with E-state index < -0.39 is 0 Å². The van der Waals surface area contributed by atoms with Crippen molar-refractivity contribution in [3.8, 4) is 0 Å². The lowest BCUT2D eigenvalue weighted by Crippen LogP contribution is -2.13. The second-order valence-corrected chi connectivity index (χ2v) is 5.44. The van der Waals surface area contributed by atoms with Gasteiger partial charge in [0.15, 0.2) is 0 Å². The molecule has 3 rings (SSSR count). The lowest BCUT2D eigenvalue weighted by molar-refractivity contribution is 0.704. The van der Waals surface area contributed by atoms with Gasteiger partial charge in [0.1, 0.15) is 0 Å². The molecule has 92 valence electrons. The van der Waals surface area contributed by atoms with E-state index in [0.717, 1.165) is 12.1 Å². The fourth-order valence-electron chi connectivity index (χ4n) is 2.16. The first-order valence-electron chi connectivity index (χ1n) is 5.92. The zero-order chi connectivity index (χ0) is 12.5. The fraction of sp³-hybridized carbons (Fsp3) is 0.214. The largest absolute Gasteiger partial charge is 0.340 e. The number of imidazole rings is 1. The van der Waals surface area contributed by atoms with E-state index in [-0.39, 0.29) is 6.04 Å². The van der Waals surface area contributed by atoms with E-state index in [0.29, 0.717) is 0 Å². The van der Waals surface area contributed by atoms with Crippen LogP contribution in [0.1, 0.15) is 17.3 Å². The normalized spacial score (nSPS) is 13.0. The second-order valence-electron chi connectivity index (χ2n) is 4.53. The highest BCUT2D eigenvalue weighted by molar-refractivity contribution is 7.17. The first kappa shape index (κ1) is 11.4. The third-order valence-corrected chi connectivity index (χ3v) is 4.12. The predicted octanol–water partition coefficient (Wildman–Crippen LogP) is 2.88. The van der Waals surface area contributed by atoms with Crippen LogP contribution in [-0.4, -0.2) is 9.55 Å². The van der Waals surface area contributed by atoms with Gasteiger partial charge in [0.25, 0.3) is 0 Å². The van der Waals surface area contributed by atoms with Crippen molar-refractivity contribution < 1.29 is 0 Å². The molecule has 0 saturated heterocycles. The Bertz CT molecular complexity index is 668. The monoisotopic (exact) mass is 257 g/mol. The molecule has 0 saturated carbocycles. The Hall–Kier alpha value is -1.65. The lowest BCUT2D eigenvalue weighted by atomic mass is 10.0. The number of aromatic nitrogens is 2. The molecule has 0 aliphatic heterocycles. The van der Waals surface area contributed by atoms with E-state index in [2.05, 4.69) is 34.6 Å². The van der Waals surface area contributed by atoms with E-state index in [9.17, 15) is 0 Å². The quantitative estimate of drug-likeness (QED) is 0.784. The molecule has 1 atom stereocenters. The standard InChI is InChI=1S/C14H15N3S/c1-17-7-13(16-9-17)12(15)6-10-8-18-14-5-3-2-4-11(10)14/h2-5,7-9,12H,6,15H2,1H3. The average Bonchev–Trinajstić information content (AvgIpc) is 2.97. The number of nitrogens with zero attached hydrogens (tertiary/aromatic N) is 2. The van der Waals surface area contributed by atoms with Gasteiger partial charge in [-0.15, -0.1) is 11.3 Å². The number of hydrogen-bond donors (Lipinski definition) is 1. The molecule has 1 unspecified atom stereocenters. The number of thiophene rings is 1. The van der Waals surface area contributed by atoms with Gasteiger partial charge >= 0.3 is 0 Å². The summed E-state index contributed by atoms with van der Waals surface area (Å²) in [6.45, 7) is 0. The SMILES string of the molecule is Cn1cnc(C(N)Cc2csc3ccccc23)c1. The summed E-state index contributed by atoms with van der Waals surface area (Å²) < 4.78 is 3.25. The summed E-state index contributed by atoms with van der Waals surface area (Å²) in [5, 5.41) is 3.52. The summed E-state index contributed by atoms with van der Waals surface area (Å²) in [6.07, 6.45) is 4.61. The van der Waals surface area contributed by atoms with Gasteiger partial charge in [0, 0.05) is 17.9 Å². The van der Waals surface area contributed by atoms with Crippen LogP contribution in [0.3, 0.4) is 0 Å². The summed E-state index contributed by atoms with van der Waals surface area (Å²) in [4.78, 5) is 4.32. The van der Waals surface area contributed by atoms with Gasteiger partial charge < -0.3 is 10.3 Å². The van der Waals surface area contributed by atoms with Crippen LogP contribution in [0.15, 0.2) is 42.2 Å². The van der Waals surface area contributed by atoms with Gasteiger partial charge in [0.2, 0.25) is 0 Å². The van der Waals surface area contributed by atoms with Crippen LogP contribution in [0, 0.1) is 0 Å². The molecule has 0 aliphatic carbocycles. The van der Waals surface area contributed by atoms with Crippen molar-refractivity contribution in [1.82, 2.24) is 9.55 Å². The maximum absolute atomic E-state index is 6.22. The number of fused-ring (bicyclic) bond motifs is 1. The van der Waals surface area contributed by atoms with Crippen molar-refractivity contribution >= 4 is 21.4 Å². The number of aryl methyl sites for hydroxylation is 1. The third kappa shape index (κ3) is 2.05. The predicted molar refractivity (Wildman–Crippen MR) is 75.7 cm³/mol. The van der Waals surface area contributed by atoms with Crippen molar-refractivity contribution in [3.05, 3.63) is 53.4 Å². The first-order chi connectivity index (χ1) is 8.74. The molecule has 0 bridgehead atoms. The molecule has 3 aromatic rings. The van der Waals surface area contributed by atoms with E-state index >= 15 is 0 Å². The lowest BCUT2D eigenvalue weighted by Gasteiger charge is -2.07. The summed E-state index contributed by atoms with van der Waals surface area (Å²) in [6, 6.07) is 8.41. The highest BCUT2D eigenvalue weighted by Gasteiger charge is 2.12. The maximum atomic E-state index is 6.22. The number of hydrogen-bond acceptors (Lipinski definition) is 3. The van der Waals surface area contributed by atoms with Crippen LogP contribution in [0.4, 0.5) is 0 Å². The highest BCUT2D eigenvalue weighted by Crippen LogP contribution is 2.28. The van der Waals surface area contributed by atoms with Crippen molar-refractivity contribution in [2.24, 2.45) is 12.8 Å². The molecule has 3 nitrogen and oxygen atoms in total. The molecule has 2 N–H and O–H groups in total. The van der Waals surface area contributed by atoms with Crippen LogP contribution in [0.2, 0.25) is 0 Å². The fourth-order valence-corrected chi connectivity index (χ4v) is 3.13.